The molecule has 3 saturated carbocycles. The van der Waals surface area contributed by atoms with E-state index >= 15 is 0 Å². The molecular weight excluding hydrogens is 260 g/mol. The fraction of sp³-hybridized carbons (Fsp3) is 0.611. The third-order valence-electron chi connectivity index (χ3n) is 6.42. The number of hydrogen-bond acceptors (Lipinski definition) is 2. The first-order valence-electron chi connectivity index (χ1n) is 8.45. The molecule has 1 aromatic rings. The Bertz CT molecular complexity index is 595. The highest BCUT2D eigenvalue weighted by Crippen LogP contribution is 2.65. The average molecular weight is 282 g/mol. The second-order valence-electron chi connectivity index (χ2n) is 7.36. The van der Waals surface area contributed by atoms with Crippen LogP contribution in [0.3, 0.4) is 0 Å². The molecule has 3 heteroatoms. The minimum absolute atomic E-state index is 0.174. The van der Waals surface area contributed by atoms with Crippen molar-refractivity contribution in [2.75, 3.05) is 6.54 Å². The lowest BCUT2D eigenvalue weighted by molar-refractivity contribution is 0.0943. The number of fused-ring (bicyclic) bond motifs is 6. The molecule has 4 aliphatic rings. The highest BCUT2D eigenvalue weighted by Gasteiger charge is 2.65. The summed E-state index contributed by atoms with van der Waals surface area (Å²) in [6.07, 6.45) is 5.23. The van der Waals surface area contributed by atoms with Crippen LogP contribution in [0.4, 0.5) is 0 Å². The Morgan fingerprint density at radius 3 is 2.81 bits per heavy atom. The Balaban J connectivity index is 1.36. The van der Waals surface area contributed by atoms with Gasteiger partial charge in [0.15, 0.2) is 0 Å². The molecule has 1 amide bonds. The van der Waals surface area contributed by atoms with Crippen LogP contribution in [-0.2, 0) is 13.0 Å². The molecule has 3 aliphatic carbocycles. The second kappa shape index (κ2) is 4.33. The summed E-state index contributed by atoms with van der Waals surface area (Å²) in [5.74, 6) is 3.63. The molecule has 1 aromatic carbocycles. The molecular formula is C18H22N2O. The first kappa shape index (κ1) is 12.2. The van der Waals surface area contributed by atoms with Crippen molar-refractivity contribution >= 4 is 5.91 Å². The van der Waals surface area contributed by atoms with Crippen molar-refractivity contribution in [3.05, 3.63) is 34.9 Å². The molecule has 0 saturated heterocycles. The van der Waals surface area contributed by atoms with Gasteiger partial charge in [0, 0.05) is 18.2 Å². The van der Waals surface area contributed by atoms with Gasteiger partial charge in [0.2, 0.25) is 0 Å². The molecule has 1 aliphatic heterocycles. The normalized spacial score (nSPS) is 38.8. The second-order valence-corrected chi connectivity index (χ2v) is 7.36. The van der Waals surface area contributed by atoms with E-state index in [1.807, 2.05) is 12.1 Å². The number of carbonyl (C=O) groups is 1. The minimum Gasteiger partial charge on any atom is -0.349 e. The van der Waals surface area contributed by atoms with Crippen molar-refractivity contribution in [3.8, 4) is 0 Å². The summed E-state index contributed by atoms with van der Waals surface area (Å²) in [6.45, 7) is 1.88. The highest BCUT2D eigenvalue weighted by molar-refractivity contribution is 5.96. The lowest BCUT2D eigenvalue weighted by Gasteiger charge is -2.20. The van der Waals surface area contributed by atoms with Crippen LogP contribution in [0.2, 0.25) is 0 Å². The van der Waals surface area contributed by atoms with Gasteiger partial charge >= 0.3 is 0 Å². The number of benzene rings is 1. The zero-order chi connectivity index (χ0) is 14.0. The van der Waals surface area contributed by atoms with Crippen molar-refractivity contribution in [1.82, 2.24) is 10.6 Å². The van der Waals surface area contributed by atoms with E-state index in [1.54, 1.807) is 0 Å². The predicted molar refractivity (Wildman–Crippen MR) is 80.9 cm³/mol. The minimum atomic E-state index is 0.174. The SMILES string of the molecule is O=C(NC1C2C3CCC(C3)C12)c1cccc2c1CCNC2. The Labute approximate surface area is 125 Å². The van der Waals surface area contributed by atoms with Crippen LogP contribution in [0.1, 0.15) is 40.7 Å². The quantitative estimate of drug-likeness (QED) is 0.872. The van der Waals surface area contributed by atoms with Gasteiger partial charge in [-0.05, 0) is 73.1 Å². The average Bonchev–Trinajstić information content (AvgIpc) is 2.91. The predicted octanol–water partition coefficient (Wildman–Crippen LogP) is 2.11. The van der Waals surface area contributed by atoms with E-state index in [2.05, 4.69) is 16.7 Å². The molecule has 4 unspecified atom stereocenters. The van der Waals surface area contributed by atoms with E-state index in [4.69, 9.17) is 0 Å². The first-order chi connectivity index (χ1) is 10.3. The monoisotopic (exact) mass is 282 g/mol. The molecule has 5 rings (SSSR count). The Morgan fingerprint density at radius 1 is 1.19 bits per heavy atom. The van der Waals surface area contributed by atoms with Crippen LogP contribution >= 0.6 is 0 Å². The molecule has 0 aromatic heterocycles. The summed E-state index contributed by atoms with van der Waals surface area (Å²) in [7, 11) is 0. The summed E-state index contributed by atoms with van der Waals surface area (Å²) < 4.78 is 0. The van der Waals surface area contributed by atoms with Gasteiger partial charge in [0.1, 0.15) is 0 Å². The van der Waals surface area contributed by atoms with Crippen molar-refractivity contribution in [3.63, 3.8) is 0 Å². The zero-order valence-corrected chi connectivity index (χ0v) is 12.3. The molecule has 0 spiro atoms. The van der Waals surface area contributed by atoms with Crippen LogP contribution in [0.5, 0.6) is 0 Å². The van der Waals surface area contributed by atoms with Gasteiger partial charge in [-0.2, -0.15) is 0 Å². The number of hydrogen-bond donors (Lipinski definition) is 2. The maximum Gasteiger partial charge on any atom is 0.251 e. The van der Waals surface area contributed by atoms with E-state index in [1.165, 1.54) is 30.4 Å². The number of carbonyl (C=O) groups excluding carboxylic acids is 1. The highest BCUT2D eigenvalue weighted by atomic mass is 16.1. The van der Waals surface area contributed by atoms with Crippen molar-refractivity contribution in [1.29, 1.82) is 0 Å². The van der Waals surface area contributed by atoms with Gasteiger partial charge in [-0.25, -0.2) is 0 Å². The largest absolute Gasteiger partial charge is 0.349 e. The standard InChI is InChI=1S/C18H22N2O/c21-18(14-3-1-2-12-9-19-7-6-13(12)14)20-17-15-10-4-5-11(8-10)16(15)17/h1-3,10-11,15-17,19H,4-9H2,(H,20,21). The fourth-order valence-corrected chi connectivity index (χ4v) is 5.49. The Hall–Kier alpha value is -1.35. The molecule has 2 N–H and O–H groups in total. The van der Waals surface area contributed by atoms with Gasteiger partial charge in [-0.15, -0.1) is 0 Å². The molecule has 4 atom stereocenters. The lowest BCUT2D eigenvalue weighted by atomic mass is 9.95. The molecule has 110 valence electrons. The van der Waals surface area contributed by atoms with Gasteiger partial charge < -0.3 is 10.6 Å². The molecule has 3 fully saturated rings. The van der Waals surface area contributed by atoms with Crippen molar-refractivity contribution < 1.29 is 4.79 Å². The van der Waals surface area contributed by atoms with Gasteiger partial charge in [-0.1, -0.05) is 12.1 Å². The third kappa shape index (κ3) is 1.73. The van der Waals surface area contributed by atoms with Gasteiger partial charge in [0.25, 0.3) is 5.91 Å². The molecule has 3 nitrogen and oxygen atoms in total. The number of amides is 1. The maximum atomic E-state index is 12.7. The van der Waals surface area contributed by atoms with E-state index in [0.29, 0.717) is 6.04 Å². The van der Waals surface area contributed by atoms with Crippen LogP contribution in [0, 0.1) is 23.7 Å². The Morgan fingerprint density at radius 2 is 2.00 bits per heavy atom. The fourth-order valence-electron chi connectivity index (χ4n) is 5.49. The summed E-state index contributed by atoms with van der Waals surface area (Å²) in [5, 5.41) is 6.74. The van der Waals surface area contributed by atoms with E-state index in [-0.39, 0.29) is 5.91 Å². The number of nitrogens with one attached hydrogen (secondary N) is 2. The van der Waals surface area contributed by atoms with Crippen LogP contribution in [0.15, 0.2) is 18.2 Å². The Kier molecular flexibility index (Phi) is 2.52. The summed E-state index contributed by atoms with van der Waals surface area (Å²) >= 11 is 0. The van der Waals surface area contributed by atoms with Crippen LogP contribution in [0.25, 0.3) is 0 Å². The molecule has 1 heterocycles. The van der Waals surface area contributed by atoms with Gasteiger partial charge in [0.05, 0.1) is 0 Å². The summed E-state index contributed by atoms with van der Waals surface area (Å²) in [4.78, 5) is 12.7. The van der Waals surface area contributed by atoms with E-state index in [9.17, 15) is 4.79 Å². The van der Waals surface area contributed by atoms with Gasteiger partial charge in [-0.3, -0.25) is 4.79 Å². The third-order valence-corrected chi connectivity index (χ3v) is 6.42. The molecule has 0 radical (unpaired) electrons. The summed E-state index contributed by atoms with van der Waals surface area (Å²) in [5.41, 5.74) is 3.49. The van der Waals surface area contributed by atoms with Crippen molar-refractivity contribution in [2.45, 2.75) is 38.3 Å². The van der Waals surface area contributed by atoms with Crippen LogP contribution in [-0.4, -0.2) is 18.5 Å². The lowest BCUT2D eigenvalue weighted by Crippen LogP contribution is -2.32. The summed E-state index contributed by atoms with van der Waals surface area (Å²) in [6, 6.07) is 6.66. The molecule has 2 bridgehead atoms. The maximum absolute atomic E-state index is 12.7. The molecule has 21 heavy (non-hydrogen) atoms. The number of rotatable bonds is 2. The van der Waals surface area contributed by atoms with E-state index < -0.39 is 0 Å². The van der Waals surface area contributed by atoms with Crippen LogP contribution < -0.4 is 10.6 Å². The van der Waals surface area contributed by atoms with Crippen molar-refractivity contribution in [2.24, 2.45) is 23.7 Å². The zero-order valence-electron chi connectivity index (χ0n) is 12.3. The first-order valence-corrected chi connectivity index (χ1v) is 8.45. The van der Waals surface area contributed by atoms with E-state index in [0.717, 1.165) is 48.7 Å². The topological polar surface area (TPSA) is 41.1 Å². The smallest absolute Gasteiger partial charge is 0.251 e.